The van der Waals surface area contributed by atoms with Crippen molar-refractivity contribution in [3.8, 4) is 0 Å². The Morgan fingerprint density at radius 3 is 3.00 bits per heavy atom. The second-order valence-corrected chi connectivity index (χ2v) is 6.77. The van der Waals surface area contributed by atoms with E-state index in [0.29, 0.717) is 29.0 Å². The van der Waals surface area contributed by atoms with Crippen molar-refractivity contribution < 1.29 is 0 Å². The quantitative estimate of drug-likeness (QED) is 0.880. The minimum Gasteiger partial charge on any atom is -0.380 e. The fourth-order valence-corrected chi connectivity index (χ4v) is 2.95. The van der Waals surface area contributed by atoms with Crippen molar-refractivity contribution in [2.75, 3.05) is 11.9 Å². The molecule has 6 heteroatoms. The van der Waals surface area contributed by atoms with Crippen molar-refractivity contribution in [1.82, 2.24) is 15.1 Å². The second-order valence-electron chi connectivity index (χ2n) is 5.97. The molecule has 2 heterocycles. The predicted octanol–water partition coefficient (Wildman–Crippen LogP) is 2.21. The van der Waals surface area contributed by atoms with Gasteiger partial charge in [0.25, 0.3) is 5.56 Å². The molecule has 112 valence electrons. The van der Waals surface area contributed by atoms with Gasteiger partial charge in [0.15, 0.2) is 0 Å². The van der Waals surface area contributed by atoms with Gasteiger partial charge in [0.2, 0.25) is 0 Å². The number of hydrogen-bond donors (Lipinski definition) is 2. The summed E-state index contributed by atoms with van der Waals surface area (Å²) in [6, 6.07) is 0.902. The van der Waals surface area contributed by atoms with Gasteiger partial charge in [0, 0.05) is 18.6 Å². The van der Waals surface area contributed by atoms with E-state index in [1.165, 1.54) is 4.68 Å². The van der Waals surface area contributed by atoms with Gasteiger partial charge >= 0.3 is 0 Å². The van der Waals surface area contributed by atoms with Crippen molar-refractivity contribution in [3.63, 3.8) is 0 Å². The highest BCUT2D eigenvalue weighted by atomic mass is 79.9. The van der Waals surface area contributed by atoms with Gasteiger partial charge in [0.1, 0.15) is 4.47 Å². The maximum atomic E-state index is 12.2. The minimum absolute atomic E-state index is 0.0642. The van der Waals surface area contributed by atoms with Crippen molar-refractivity contribution in [1.29, 1.82) is 0 Å². The van der Waals surface area contributed by atoms with Crippen LogP contribution in [0.25, 0.3) is 0 Å². The highest BCUT2D eigenvalue weighted by Crippen LogP contribution is 2.21. The number of anilines is 1. The Labute approximate surface area is 128 Å². The summed E-state index contributed by atoms with van der Waals surface area (Å²) in [5, 5.41) is 11.1. The molecule has 2 atom stereocenters. The van der Waals surface area contributed by atoms with E-state index in [4.69, 9.17) is 0 Å². The van der Waals surface area contributed by atoms with Gasteiger partial charge in [-0.15, -0.1) is 0 Å². The van der Waals surface area contributed by atoms with Crippen LogP contribution in [0.3, 0.4) is 0 Å². The molecule has 0 aliphatic carbocycles. The van der Waals surface area contributed by atoms with E-state index in [-0.39, 0.29) is 5.56 Å². The molecule has 1 aliphatic heterocycles. The van der Waals surface area contributed by atoms with E-state index in [0.717, 1.165) is 25.1 Å². The molecule has 1 fully saturated rings. The third-order valence-electron chi connectivity index (χ3n) is 3.51. The fraction of sp³-hybridized carbons (Fsp3) is 0.714. The molecular weight excluding hydrogens is 320 g/mol. The van der Waals surface area contributed by atoms with Crippen molar-refractivity contribution >= 4 is 21.6 Å². The van der Waals surface area contributed by atoms with Crippen LogP contribution in [0.1, 0.15) is 33.6 Å². The third kappa shape index (κ3) is 3.82. The van der Waals surface area contributed by atoms with Gasteiger partial charge in [-0.25, -0.2) is 4.68 Å². The predicted molar refractivity (Wildman–Crippen MR) is 85.1 cm³/mol. The third-order valence-corrected chi connectivity index (χ3v) is 4.27. The lowest BCUT2D eigenvalue weighted by Crippen LogP contribution is -2.41. The molecule has 2 N–H and O–H groups in total. The van der Waals surface area contributed by atoms with E-state index in [1.54, 1.807) is 6.20 Å². The molecule has 1 saturated heterocycles. The number of piperidine rings is 1. The maximum Gasteiger partial charge on any atom is 0.283 e. The molecule has 0 bridgehead atoms. The Morgan fingerprint density at radius 2 is 2.35 bits per heavy atom. The SMILES string of the molecule is CC(C)Cn1ncc(NC2CCNC(C)C2)c(Br)c1=O. The summed E-state index contributed by atoms with van der Waals surface area (Å²) >= 11 is 3.41. The summed E-state index contributed by atoms with van der Waals surface area (Å²) in [5.74, 6) is 0.399. The van der Waals surface area contributed by atoms with E-state index in [9.17, 15) is 4.79 Å². The standard InChI is InChI=1S/C14H23BrN4O/c1-9(2)8-19-14(20)13(15)12(7-17-19)18-11-4-5-16-10(3)6-11/h7,9-11,16,18H,4-6,8H2,1-3H3. The average Bonchev–Trinajstić information content (AvgIpc) is 2.38. The number of halogens is 1. The molecule has 2 unspecified atom stereocenters. The van der Waals surface area contributed by atoms with Crippen molar-refractivity contribution in [2.45, 2.75) is 52.2 Å². The lowest BCUT2D eigenvalue weighted by Gasteiger charge is -2.29. The Balaban J connectivity index is 2.13. The molecule has 5 nitrogen and oxygen atoms in total. The number of nitrogens with zero attached hydrogens (tertiary/aromatic N) is 2. The highest BCUT2D eigenvalue weighted by molar-refractivity contribution is 9.10. The molecule has 1 aliphatic rings. The molecule has 1 aromatic heterocycles. The largest absolute Gasteiger partial charge is 0.380 e. The van der Waals surface area contributed by atoms with Crippen LogP contribution < -0.4 is 16.2 Å². The van der Waals surface area contributed by atoms with E-state index >= 15 is 0 Å². The van der Waals surface area contributed by atoms with E-state index in [2.05, 4.69) is 52.4 Å². The number of rotatable bonds is 4. The van der Waals surface area contributed by atoms with Gasteiger partial charge in [-0.3, -0.25) is 4.79 Å². The molecule has 0 aromatic carbocycles. The first-order valence-electron chi connectivity index (χ1n) is 7.23. The van der Waals surface area contributed by atoms with Crippen LogP contribution in [-0.4, -0.2) is 28.4 Å². The zero-order valence-corrected chi connectivity index (χ0v) is 13.9. The van der Waals surface area contributed by atoms with Gasteiger partial charge < -0.3 is 10.6 Å². The summed E-state index contributed by atoms with van der Waals surface area (Å²) in [5.41, 5.74) is 0.736. The van der Waals surface area contributed by atoms with Gasteiger partial charge in [0.05, 0.1) is 11.9 Å². The molecule has 1 aromatic rings. The molecular formula is C14H23BrN4O. The van der Waals surface area contributed by atoms with Crippen LogP contribution in [0.4, 0.5) is 5.69 Å². The smallest absolute Gasteiger partial charge is 0.283 e. The zero-order chi connectivity index (χ0) is 14.7. The lowest BCUT2D eigenvalue weighted by molar-refractivity contribution is 0.395. The number of hydrogen-bond acceptors (Lipinski definition) is 4. The lowest BCUT2D eigenvalue weighted by atomic mass is 10.0. The second kappa shape index (κ2) is 6.72. The molecule has 0 radical (unpaired) electrons. The molecule has 2 rings (SSSR count). The zero-order valence-electron chi connectivity index (χ0n) is 12.3. The molecule has 0 saturated carbocycles. The Morgan fingerprint density at radius 1 is 1.60 bits per heavy atom. The van der Waals surface area contributed by atoms with Gasteiger partial charge in [-0.1, -0.05) is 13.8 Å². The molecule has 0 spiro atoms. The fourth-order valence-electron chi connectivity index (χ4n) is 2.52. The normalized spacial score (nSPS) is 23.1. The van der Waals surface area contributed by atoms with Crippen LogP contribution in [0.15, 0.2) is 15.5 Å². The number of aromatic nitrogens is 2. The first kappa shape index (κ1) is 15.5. The summed E-state index contributed by atoms with van der Waals surface area (Å²) in [4.78, 5) is 12.2. The molecule has 0 amide bonds. The highest BCUT2D eigenvalue weighted by Gasteiger charge is 2.19. The van der Waals surface area contributed by atoms with Crippen LogP contribution in [0.5, 0.6) is 0 Å². The van der Waals surface area contributed by atoms with Gasteiger partial charge in [-0.05, 0) is 48.2 Å². The Bertz CT molecular complexity index is 514. The van der Waals surface area contributed by atoms with Gasteiger partial charge in [-0.2, -0.15) is 5.10 Å². The summed E-state index contributed by atoms with van der Waals surface area (Å²) < 4.78 is 2.10. The Kier molecular flexibility index (Phi) is 5.21. The van der Waals surface area contributed by atoms with Crippen LogP contribution >= 0.6 is 15.9 Å². The Hall–Kier alpha value is -0.880. The van der Waals surface area contributed by atoms with Crippen LogP contribution in [0.2, 0.25) is 0 Å². The maximum absolute atomic E-state index is 12.2. The van der Waals surface area contributed by atoms with E-state index in [1.807, 2.05) is 0 Å². The van der Waals surface area contributed by atoms with Crippen LogP contribution in [-0.2, 0) is 6.54 Å². The monoisotopic (exact) mass is 342 g/mol. The first-order valence-corrected chi connectivity index (χ1v) is 8.02. The van der Waals surface area contributed by atoms with Crippen molar-refractivity contribution in [2.24, 2.45) is 5.92 Å². The minimum atomic E-state index is -0.0642. The first-order chi connectivity index (χ1) is 9.47. The van der Waals surface area contributed by atoms with Crippen molar-refractivity contribution in [3.05, 3.63) is 21.0 Å². The topological polar surface area (TPSA) is 59.0 Å². The van der Waals surface area contributed by atoms with Crippen LogP contribution in [0, 0.1) is 5.92 Å². The molecule has 20 heavy (non-hydrogen) atoms. The average molecular weight is 343 g/mol. The summed E-state index contributed by atoms with van der Waals surface area (Å²) in [6.07, 6.45) is 3.87. The summed E-state index contributed by atoms with van der Waals surface area (Å²) in [6.45, 7) is 7.98. The van der Waals surface area contributed by atoms with E-state index < -0.39 is 0 Å². The summed E-state index contributed by atoms with van der Waals surface area (Å²) in [7, 11) is 0. The number of nitrogens with one attached hydrogen (secondary N) is 2.